The lowest BCUT2D eigenvalue weighted by Crippen LogP contribution is -2.51. The van der Waals surface area contributed by atoms with Gasteiger partial charge in [-0.05, 0) is 69.0 Å². The monoisotopic (exact) mass is 537 g/mol. The van der Waals surface area contributed by atoms with E-state index in [0.29, 0.717) is 29.7 Å². The standard InChI is InChI=1S/C24H36IN5O/c1-16(2)23(31)19-9-17(10-19)13-28-7-5-18(6-8-28)20-11-26-24(27-12-20)30-21-3-4-22(30)15-29(25)14-21/h11-12,16-19,21-22H,3-10,13-15H2,1-2H3/t17-,19-,21?,22?. The molecule has 1 aliphatic carbocycles. The minimum Gasteiger partial charge on any atom is -0.332 e. The van der Waals surface area contributed by atoms with Crippen LogP contribution in [0.4, 0.5) is 5.95 Å². The molecule has 4 aliphatic rings. The summed E-state index contributed by atoms with van der Waals surface area (Å²) in [5.74, 6) is 3.26. The van der Waals surface area contributed by atoms with Gasteiger partial charge in [0, 0.05) is 78.8 Å². The van der Waals surface area contributed by atoms with Gasteiger partial charge in [-0.15, -0.1) is 0 Å². The van der Waals surface area contributed by atoms with Crippen molar-refractivity contribution in [1.29, 1.82) is 0 Å². The number of ketones is 1. The van der Waals surface area contributed by atoms with Crippen LogP contribution in [-0.4, -0.2) is 68.6 Å². The number of piperazine rings is 1. The Labute approximate surface area is 200 Å². The molecule has 1 aromatic rings. The molecule has 0 spiro atoms. The van der Waals surface area contributed by atoms with Crippen LogP contribution in [0.5, 0.6) is 0 Å². The molecule has 0 N–H and O–H groups in total. The first kappa shape index (κ1) is 22.0. The fourth-order valence-electron chi connectivity index (χ4n) is 6.26. The van der Waals surface area contributed by atoms with Crippen LogP contribution >= 0.6 is 22.9 Å². The summed E-state index contributed by atoms with van der Waals surface area (Å²) < 4.78 is 2.42. The first-order valence-electron chi connectivity index (χ1n) is 12.2. The maximum absolute atomic E-state index is 12.1. The van der Waals surface area contributed by atoms with Crippen molar-refractivity contribution < 1.29 is 4.79 Å². The van der Waals surface area contributed by atoms with Crippen molar-refractivity contribution >= 4 is 34.6 Å². The van der Waals surface area contributed by atoms with Crippen LogP contribution in [0.25, 0.3) is 0 Å². The van der Waals surface area contributed by atoms with Gasteiger partial charge >= 0.3 is 0 Å². The van der Waals surface area contributed by atoms with Crippen LogP contribution in [0.15, 0.2) is 12.4 Å². The minimum absolute atomic E-state index is 0.196. The Morgan fingerprint density at radius 1 is 1.06 bits per heavy atom. The Morgan fingerprint density at radius 3 is 2.26 bits per heavy atom. The number of carbonyl (C=O) groups is 1. The van der Waals surface area contributed by atoms with E-state index >= 15 is 0 Å². The smallest absolute Gasteiger partial charge is 0.225 e. The number of hydrogen-bond donors (Lipinski definition) is 0. The largest absolute Gasteiger partial charge is 0.332 e. The fraction of sp³-hybridized carbons (Fsp3) is 0.792. The summed E-state index contributed by atoms with van der Waals surface area (Å²) in [5, 5.41) is 0. The van der Waals surface area contributed by atoms with Gasteiger partial charge in [-0.25, -0.2) is 13.1 Å². The van der Waals surface area contributed by atoms with Gasteiger partial charge in [-0.1, -0.05) is 13.8 Å². The van der Waals surface area contributed by atoms with Gasteiger partial charge in [-0.2, -0.15) is 0 Å². The lowest BCUT2D eigenvalue weighted by Gasteiger charge is -2.41. The Bertz CT molecular complexity index is 759. The summed E-state index contributed by atoms with van der Waals surface area (Å²) >= 11 is 2.46. The lowest BCUT2D eigenvalue weighted by atomic mass is 9.70. The second-order valence-corrected chi connectivity index (χ2v) is 12.0. The van der Waals surface area contributed by atoms with Crippen molar-refractivity contribution in [3.05, 3.63) is 18.0 Å². The molecule has 2 atom stereocenters. The summed E-state index contributed by atoms with van der Waals surface area (Å²) in [7, 11) is 0. The van der Waals surface area contributed by atoms with Crippen LogP contribution in [0, 0.1) is 17.8 Å². The maximum atomic E-state index is 12.1. The third kappa shape index (κ3) is 4.64. The molecular formula is C24H36IN5O. The van der Waals surface area contributed by atoms with Crippen molar-refractivity contribution in [3.63, 3.8) is 0 Å². The molecule has 2 bridgehead atoms. The first-order valence-corrected chi connectivity index (χ1v) is 13.2. The second kappa shape index (κ2) is 9.21. The average Bonchev–Trinajstić information content (AvgIpc) is 3.01. The number of piperidine rings is 1. The molecule has 3 aliphatic heterocycles. The Kier molecular flexibility index (Phi) is 6.54. The first-order chi connectivity index (χ1) is 15.0. The molecule has 6 nitrogen and oxygen atoms in total. The number of Topliss-reactive ketones (excluding diaryl/α,β-unsaturated/α-hetero) is 1. The van der Waals surface area contributed by atoms with Crippen LogP contribution < -0.4 is 4.90 Å². The number of fused-ring (bicyclic) bond motifs is 2. The van der Waals surface area contributed by atoms with Gasteiger partial charge in [0.25, 0.3) is 0 Å². The molecule has 1 aromatic heterocycles. The highest BCUT2D eigenvalue weighted by molar-refractivity contribution is 14.1. The number of anilines is 1. The van der Waals surface area contributed by atoms with Crippen LogP contribution in [0.3, 0.4) is 0 Å². The van der Waals surface area contributed by atoms with Crippen LogP contribution in [0.1, 0.15) is 63.9 Å². The van der Waals surface area contributed by atoms with Gasteiger partial charge in [-0.3, -0.25) is 4.79 Å². The fourth-order valence-corrected chi connectivity index (χ4v) is 7.17. The molecule has 4 heterocycles. The number of aromatic nitrogens is 2. The molecule has 0 aromatic carbocycles. The van der Waals surface area contributed by atoms with Crippen molar-refractivity contribution in [2.45, 2.75) is 70.4 Å². The summed E-state index contributed by atoms with van der Waals surface area (Å²) in [6.45, 7) is 9.80. The van der Waals surface area contributed by atoms with E-state index in [2.05, 4.69) is 48.2 Å². The third-order valence-corrected chi connectivity index (χ3v) is 8.90. The van der Waals surface area contributed by atoms with Gasteiger partial charge in [0.1, 0.15) is 5.78 Å². The number of carbonyl (C=O) groups excluding carboxylic acids is 1. The summed E-state index contributed by atoms with van der Waals surface area (Å²) in [5.41, 5.74) is 1.31. The highest BCUT2D eigenvalue weighted by atomic mass is 127. The van der Waals surface area contributed by atoms with Gasteiger partial charge in [0.05, 0.1) is 0 Å². The van der Waals surface area contributed by atoms with E-state index < -0.39 is 0 Å². The normalized spacial score (nSPS) is 32.5. The van der Waals surface area contributed by atoms with E-state index in [9.17, 15) is 4.79 Å². The average molecular weight is 537 g/mol. The number of nitrogens with zero attached hydrogens (tertiary/aromatic N) is 5. The quantitative estimate of drug-likeness (QED) is 0.405. The number of hydrogen-bond acceptors (Lipinski definition) is 6. The van der Waals surface area contributed by atoms with Gasteiger partial charge < -0.3 is 9.80 Å². The van der Waals surface area contributed by atoms with E-state index in [1.54, 1.807) is 0 Å². The van der Waals surface area contributed by atoms with Crippen molar-refractivity contribution in [2.75, 3.05) is 37.6 Å². The zero-order valence-corrected chi connectivity index (χ0v) is 21.1. The molecule has 7 heteroatoms. The molecule has 31 heavy (non-hydrogen) atoms. The van der Waals surface area contributed by atoms with E-state index in [4.69, 9.17) is 9.97 Å². The summed E-state index contributed by atoms with van der Waals surface area (Å²) in [4.78, 5) is 26.9. The summed E-state index contributed by atoms with van der Waals surface area (Å²) in [6.07, 6.45) is 11.4. The SMILES string of the molecule is CC(C)C(=O)[C@H]1C[C@H](CN2CCC(c3cnc(N4C5CCC4CN(I)C5)nc3)CC2)C1. The van der Waals surface area contributed by atoms with Crippen molar-refractivity contribution in [3.8, 4) is 0 Å². The molecule has 1 saturated carbocycles. The predicted molar refractivity (Wildman–Crippen MR) is 131 cm³/mol. The predicted octanol–water partition coefficient (Wildman–Crippen LogP) is 3.91. The van der Waals surface area contributed by atoms with Crippen molar-refractivity contribution in [1.82, 2.24) is 18.0 Å². The molecule has 2 unspecified atom stereocenters. The molecule has 4 fully saturated rings. The zero-order chi connectivity index (χ0) is 21.5. The molecule has 0 radical (unpaired) electrons. The number of halogens is 1. The molecule has 170 valence electrons. The third-order valence-electron chi connectivity index (χ3n) is 8.11. The minimum atomic E-state index is 0.196. The topological polar surface area (TPSA) is 52.6 Å². The Hall–Kier alpha value is -0.800. The van der Waals surface area contributed by atoms with Gasteiger partial charge in [0.2, 0.25) is 5.95 Å². The van der Waals surface area contributed by atoms with Crippen molar-refractivity contribution in [2.24, 2.45) is 17.8 Å². The lowest BCUT2D eigenvalue weighted by molar-refractivity contribution is -0.130. The molecule has 0 amide bonds. The van der Waals surface area contributed by atoms with E-state index in [0.717, 1.165) is 50.9 Å². The number of rotatable bonds is 6. The summed E-state index contributed by atoms with van der Waals surface area (Å²) in [6, 6.07) is 1.15. The molecular weight excluding hydrogens is 501 g/mol. The zero-order valence-electron chi connectivity index (χ0n) is 18.9. The van der Waals surface area contributed by atoms with Crippen LogP contribution in [-0.2, 0) is 4.79 Å². The Balaban J connectivity index is 1.10. The van der Waals surface area contributed by atoms with E-state index in [1.807, 2.05) is 13.8 Å². The molecule has 3 saturated heterocycles. The number of likely N-dealkylation sites (tertiary alicyclic amines) is 1. The Morgan fingerprint density at radius 2 is 1.68 bits per heavy atom. The van der Waals surface area contributed by atoms with E-state index in [-0.39, 0.29) is 5.92 Å². The second-order valence-electron chi connectivity index (χ2n) is 10.6. The van der Waals surface area contributed by atoms with Gasteiger partial charge in [0.15, 0.2) is 0 Å². The highest BCUT2D eigenvalue weighted by Gasteiger charge is 2.41. The van der Waals surface area contributed by atoms with Crippen LogP contribution in [0.2, 0.25) is 0 Å². The maximum Gasteiger partial charge on any atom is 0.225 e. The highest BCUT2D eigenvalue weighted by Crippen LogP contribution is 2.38. The van der Waals surface area contributed by atoms with E-state index in [1.165, 1.54) is 37.8 Å². The molecule has 5 rings (SSSR count).